The van der Waals surface area contributed by atoms with Gasteiger partial charge in [0.15, 0.2) is 0 Å². The minimum absolute atomic E-state index is 0.334. The molecule has 0 N–H and O–H groups in total. The number of nitrogens with zero attached hydrogens (tertiary/aromatic N) is 1. The number of aromatic nitrogens is 1. The van der Waals surface area contributed by atoms with Gasteiger partial charge in [-0.25, -0.2) is 0 Å². The van der Waals surface area contributed by atoms with Crippen LogP contribution in [0.2, 0.25) is 5.11 Å². The summed E-state index contributed by atoms with van der Waals surface area (Å²) < 4.78 is 53.6. The molecule has 0 radical (unpaired) electrons. The van der Waals surface area contributed by atoms with Gasteiger partial charge in [-0.3, -0.25) is 4.98 Å². The Kier molecular flexibility index (Phi) is 7.86. The topological polar surface area (TPSA) is 86.7 Å². The monoisotopic (exact) mass is 611 g/mol. The fraction of sp³-hybridized carbons (Fsp3) is 0.839. The van der Waals surface area contributed by atoms with Gasteiger partial charge in [0.1, 0.15) is 0 Å². The fourth-order valence-electron chi connectivity index (χ4n) is 5.74. The van der Waals surface area contributed by atoms with E-state index in [1.807, 2.05) is 129 Å². The van der Waals surface area contributed by atoms with Crippen molar-refractivity contribution in [1.29, 1.82) is 0 Å². The zero-order chi connectivity index (χ0) is 33.2. The molecule has 0 aromatic carbocycles. The molecule has 0 saturated carbocycles. The Morgan fingerprint density at radius 1 is 0.477 bits per heavy atom. The van der Waals surface area contributed by atoms with Crippen LogP contribution >= 0.6 is 0 Å². The first-order chi connectivity index (χ1) is 19.7. The van der Waals surface area contributed by atoms with Crippen LogP contribution < -0.4 is 5.46 Å². The Balaban J connectivity index is 1.61. The van der Waals surface area contributed by atoms with Crippen LogP contribution in [-0.2, 0) is 43.7 Å². The number of pyridine rings is 1. The molecule has 4 aliphatic heterocycles. The maximum atomic E-state index is 6.84. The van der Waals surface area contributed by atoms with Crippen LogP contribution in [0.15, 0.2) is 18.3 Å². The Labute approximate surface area is 267 Å². The summed E-state index contributed by atoms with van der Waals surface area (Å²) in [6.45, 7) is 32.7. The maximum Gasteiger partial charge on any atom is 0.496 e. The average molecular weight is 611 g/mol. The molecule has 0 spiro atoms. The highest BCUT2D eigenvalue weighted by molar-refractivity contribution is 6.89. The Morgan fingerprint density at radius 3 is 1.05 bits per heavy atom. The van der Waals surface area contributed by atoms with Gasteiger partial charge in [-0.05, 0) is 123 Å². The van der Waals surface area contributed by atoms with Gasteiger partial charge in [-0.15, -0.1) is 0 Å². The molecular weight excluding hydrogens is 558 g/mol. The summed E-state index contributed by atoms with van der Waals surface area (Å²) in [6, 6.07) is 4.00. The summed E-state index contributed by atoms with van der Waals surface area (Å²) in [6.07, 6.45) is 2.15. The molecule has 4 aliphatic rings. The predicted molar refractivity (Wildman–Crippen MR) is 175 cm³/mol. The Bertz CT molecular complexity index is 1110. The van der Waals surface area contributed by atoms with Crippen molar-refractivity contribution in [3.63, 3.8) is 0 Å². The zero-order valence-electron chi connectivity index (χ0n) is 30.0. The van der Waals surface area contributed by atoms with Gasteiger partial charge in [-0.2, -0.15) is 0 Å². The quantitative estimate of drug-likeness (QED) is 0.412. The van der Waals surface area contributed by atoms with Crippen LogP contribution in [0, 0.1) is 0 Å². The fourth-order valence-corrected chi connectivity index (χ4v) is 5.74. The SMILES string of the molecule is CC1(C)OB(c2ccc(CC(B3OC(C)(C)C(C)(C)O3)(B3OC(C)(C)C(C)(C)O3)B3OC(C)(C)C(C)(C)O3)nc2)OC1(C)C. The summed E-state index contributed by atoms with van der Waals surface area (Å²) in [7, 11) is -2.93. The summed E-state index contributed by atoms with van der Waals surface area (Å²) in [4.78, 5) is 4.94. The first kappa shape index (κ1) is 34.4. The molecule has 242 valence electrons. The first-order valence-electron chi connectivity index (χ1n) is 16.1. The van der Waals surface area contributed by atoms with E-state index in [1.165, 1.54) is 0 Å². The normalized spacial score (nSPS) is 29.1. The van der Waals surface area contributed by atoms with Crippen molar-refractivity contribution in [2.45, 2.75) is 167 Å². The van der Waals surface area contributed by atoms with Crippen molar-refractivity contribution >= 4 is 33.9 Å². The van der Waals surface area contributed by atoms with E-state index in [0.717, 1.165) is 11.2 Å². The lowest BCUT2D eigenvalue weighted by Crippen LogP contribution is -2.60. The van der Waals surface area contributed by atoms with E-state index in [2.05, 4.69) is 0 Å². The van der Waals surface area contributed by atoms with E-state index in [4.69, 9.17) is 42.2 Å². The molecule has 0 amide bonds. The molecule has 0 bridgehead atoms. The molecular formula is C31H53B4NO8. The van der Waals surface area contributed by atoms with E-state index < -0.39 is 78.4 Å². The first-order valence-corrected chi connectivity index (χ1v) is 16.1. The third kappa shape index (κ3) is 5.26. The van der Waals surface area contributed by atoms with Crippen molar-refractivity contribution in [1.82, 2.24) is 4.98 Å². The molecule has 5 heterocycles. The largest absolute Gasteiger partial charge is 0.496 e. The van der Waals surface area contributed by atoms with Gasteiger partial charge in [0.25, 0.3) is 0 Å². The van der Waals surface area contributed by atoms with Crippen LogP contribution in [0.3, 0.4) is 0 Å². The molecule has 0 aliphatic carbocycles. The summed E-state index contributed by atoms with van der Waals surface area (Å²) in [5.41, 5.74) is -2.99. The molecule has 0 atom stereocenters. The smallest absolute Gasteiger partial charge is 0.403 e. The van der Waals surface area contributed by atoms with E-state index in [-0.39, 0.29) is 0 Å². The third-order valence-electron chi connectivity index (χ3n) is 11.9. The molecule has 5 rings (SSSR count). The summed E-state index contributed by atoms with van der Waals surface area (Å²) in [5, 5.41) is -1.11. The van der Waals surface area contributed by atoms with E-state index in [0.29, 0.717) is 6.42 Å². The van der Waals surface area contributed by atoms with Crippen LogP contribution in [0.5, 0.6) is 0 Å². The highest BCUT2D eigenvalue weighted by Crippen LogP contribution is 2.57. The van der Waals surface area contributed by atoms with Gasteiger partial charge < -0.3 is 37.2 Å². The van der Waals surface area contributed by atoms with Crippen LogP contribution in [0.25, 0.3) is 0 Å². The molecule has 0 unspecified atom stereocenters. The molecule has 13 heteroatoms. The van der Waals surface area contributed by atoms with Gasteiger partial charge in [0.2, 0.25) is 0 Å². The van der Waals surface area contributed by atoms with E-state index in [1.54, 1.807) is 0 Å². The molecule has 9 nitrogen and oxygen atoms in total. The lowest BCUT2D eigenvalue weighted by atomic mass is 9.23. The molecule has 1 aromatic rings. The second kappa shape index (κ2) is 10.0. The Morgan fingerprint density at radius 2 is 0.773 bits per heavy atom. The van der Waals surface area contributed by atoms with E-state index in [9.17, 15) is 0 Å². The summed E-state index contributed by atoms with van der Waals surface area (Å²) in [5.74, 6) is 0. The van der Waals surface area contributed by atoms with Crippen LogP contribution in [-0.4, -0.2) is 78.3 Å². The van der Waals surface area contributed by atoms with Gasteiger partial charge >= 0.3 is 28.5 Å². The molecule has 4 saturated heterocycles. The summed E-state index contributed by atoms with van der Waals surface area (Å²) >= 11 is 0. The van der Waals surface area contributed by atoms with Crippen molar-refractivity contribution in [2.75, 3.05) is 0 Å². The lowest BCUT2D eigenvalue weighted by Gasteiger charge is -2.38. The van der Waals surface area contributed by atoms with Gasteiger partial charge in [0.05, 0.1) is 49.9 Å². The number of hydrogen-bond donors (Lipinski definition) is 0. The third-order valence-corrected chi connectivity index (χ3v) is 11.9. The second-order valence-electron chi connectivity index (χ2n) is 17.2. The average Bonchev–Trinajstić information content (AvgIpc) is 3.38. The van der Waals surface area contributed by atoms with Crippen molar-refractivity contribution < 1.29 is 37.2 Å². The highest BCUT2D eigenvalue weighted by atomic mass is 16.7. The van der Waals surface area contributed by atoms with Crippen molar-refractivity contribution in [3.8, 4) is 0 Å². The molecule has 4 fully saturated rings. The minimum atomic E-state index is -1.11. The van der Waals surface area contributed by atoms with Crippen LogP contribution in [0.1, 0.15) is 116 Å². The molecule has 44 heavy (non-hydrogen) atoms. The standard InChI is InChI=1S/C31H53B4NO8/c1-23(2)24(3,4)38-32(37-23)21-17-18-22(36-20-21)19-31(33-39-25(5,6)26(7,8)40-33,34-41-27(9,10)28(11,12)42-34)35-43-29(13,14)30(15,16)44-35/h17-18,20H,19H2,1-16H3. The van der Waals surface area contributed by atoms with Gasteiger partial charge in [0, 0.05) is 17.4 Å². The second-order valence-corrected chi connectivity index (χ2v) is 17.2. The van der Waals surface area contributed by atoms with Crippen molar-refractivity contribution in [3.05, 3.63) is 24.0 Å². The molecule has 1 aromatic heterocycles. The number of hydrogen-bond acceptors (Lipinski definition) is 9. The maximum absolute atomic E-state index is 6.84. The predicted octanol–water partition coefficient (Wildman–Crippen LogP) is 5.02. The van der Waals surface area contributed by atoms with Crippen LogP contribution in [0.4, 0.5) is 0 Å². The highest BCUT2D eigenvalue weighted by Gasteiger charge is 2.77. The van der Waals surface area contributed by atoms with Crippen molar-refractivity contribution in [2.24, 2.45) is 0 Å². The van der Waals surface area contributed by atoms with E-state index >= 15 is 0 Å². The minimum Gasteiger partial charge on any atom is -0.403 e. The number of rotatable bonds is 6. The zero-order valence-corrected chi connectivity index (χ0v) is 30.0. The Hall–Kier alpha value is -0.910. The van der Waals surface area contributed by atoms with Gasteiger partial charge in [-0.1, -0.05) is 6.07 Å². The lowest BCUT2D eigenvalue weighted by molar-refractivity contribution is 0.00578.